The topological polar surface area (TPSA) is 29.5 Å². The zero-order chi connectivity index (χ0) is 10.8. The maximum absolute atomic E-state index is 11.0. The number of hydrogen-bond acceptors (Lipinski definition) is 3. The Morgan fingerprint density at radius 1 is 1.36 bits per heavy atom. The van der Waals surface area contributed by atoms with Gasteiger partial charge in [0.2, 0.25) is 0 Å². The molecular formula is C9H15Cl2NO2. The number of esters is 1. The average molecular weight is 240 g/mol. The third-order valence-electron chi connectivity index (χ3n) is 1.45. The summed E-state index contributed by atoms with van der Waals surface area (Å²) in [4.78, 5) is 12.8. The Balaban J connectivity index is 3.93. The molecule has 3 nitrogen and oxygen atoms in total. The number of halogens is 2. The Morgan fingerprint density at radius 2 is 1.93 bits per heavy atom. The lowest BCUT2D eigenvalue weighted by molar-refractivity contribution is -0.137. The molecule has 0 aromatic carbocycles. The fourth-order valence-electron chi connectivity index (χ4n) is 0.835. The molecule has 0 bridgehead atoms. The van der Waals surface area contributed by atoms with E-state index in [1.54, 1.807) is 13.1 Å². The fraction of sp³-hybridized carbons (Fsp3) is 0.667. The first-order valence-electron chi connectivity index (χ1n) is 4.45. The van der Waals surface area contributed by atoms with Gasteiger partial charge in [-0.1, -0.05) is 0 Å². The molecule has 0 spiro atoms. The van der Waals surface area contributed by atoms with Crippen molar-refractivity contribution < 1.29 is 9.53 Å². The summed E-state index contributed by atoms with van der Waals surface area (Å²) >= 11 is 11.1. The molecule has 0 aromatic rings. The van der Waals surface area contributed by atoms with Crippen LogP contribution in [0.25, 0.3) is 0 Å². The first kappa shape index (κ1) is 13.6. The molecule has 0 saturated carbocycles. The van der Waals surface area contributed by atoms with Crippen LogP contribution in [0, 0.1) is 0 Å². The minimum Gasteiger partial charge on any atom is -0.463 e. The monoisotopic (exact) mass is 239 g/mol. The zero-order valence-corrected chi connectivity index (χ0v) is 9.72. The Morgan fingerprint density at radius 3 is 2.36 bits per heavy atom. The van der Waals surface area contributed by atoms with Crippen molar-refractivity contribution in [1.82, 2.24) is 4.90 Å². The smallest absolute Gasteiger partial charge is 0.332 e. The van der Waals surface area contributed by atoms with E-state index in [4.69, 9.17) is 27.9 Å². The summed E-state index contributed by atoms with van der Waals surface area (Å²) < 4.78 is 4.73. The normalized spacial score (nSPS) is 10.5. The number of carbonyl (C=O) groups is 1. The Bertz CT molecular complexity index is 180. The predicted molar refractivity (Wildman–Crippen MR) is 58.8 cm³/mol. The van der Waals surface area contributed by atoms with E-state index in [2.05, 4.69) is 0 Å². The molecule has 0 atom stereocenters. The largest absolute Gasteiger partial charge is 0.463 e. The molecule has 0 aromatic heterocycles. The lowest BCUT2D eigenvalue weighted by Gasteiger charge is -2.16. The molecule has 0 aliphatic rings. The van der Waals surface area contributed by atoms with Gasteiger partial charge in [0, 0.05) is 37.1 Å². The summed E-state index contributed by atoms with van der Waals surface area (Å²) in [5.74, 6) is 0.662. The summed E-state index contributed by atoms with van der Waals surface area (Å²) in [5.41, 5.74) is 0. The second kappa shape index (κ2) is 9.16. The van der Waals surface area contributed by atoms with Gasteiger partial charge in [-0.05, 0) is 6.92 Å². The molecule has 0 aliphatic heterocycles. The number of carbonyl (C=O) groups excluding carboxylic acids is 1. The molecule has 0 fully saturated rings. The van der Waals surface area contributed by atoms with E-state index >= 15 is 0 Å². The summed E-state index contributed by atoms with van der Waals surface area (Å²) in [7, 11) is 0. The van der Waals surface area contributed by atoms with Crippen LogP contribution in [-0.4, -0.2) is 42.3 Å². The maximum Gasteiger partial charge on any atom is 0.332 e. The van der Waals surface area contributed by atoms with E-state index in [1.165, 1.54) is 6.08 Å². The molecule has 0 rings (SSSR count). The van der Waals surface area contributed by atoms with E-state index in [0.29, 0.717) is 31.5 Å². The Labute approximate surface area is 94.6 Å². The highest BCUT2D eigenvalue weighted by Gasteiger charge is 1.99. The minimum atomic E-state index is -0.346. The van der Waals surface area contributed by atoms with E-state index in [-0.39, 0.29) is 5.97 Å². The van der Waals surface area contributed by atoms with Gasteiger partial charge >= 0.3 is 5.97 Å². The second-order valence-electron chi connectivity index (χ2n) is 2.48. The van der Waals surface area contributed by atoms with Crippen LogP contribution in [0.2, 0.25) is 0 Å². The van der Waals surface area contributed by atoms with Crippen molar-refractivity contribution >= 4 is 29.2 Å². The first-order chi connectivity index (χ1) is 6.74. The van der Waals surface area contributed by atoms with Crippen molar-refractivity contribution in [3.63, 3.8) is 0 Å². The van der Waals surface area contributed by atoms with Gasteiger partial charge in [-0.25, -0.2) is 4.79 Å². The molecule has 0 amide bonds. The molecule has 0 unspecified atom stereocenters. The summed E-state index contributed by atoms with van der Waals surface area (Å²) in [6.07, 6.45) is 3.03. The van der Waals surface area contributed by atoms with Gasteiger partial charge in [0.1, 0.15) is 0 Å². The molecule has 82 valence electrons. The van der Waals surface area contributed by atoms with Crippen molar-refractivity contribution in [1.29, 1.82) is 0 Å². The number of rotatable bonds is 7. The number of alkyl halides is 2. The van der Waals surface area contributed by atoms with Crippen LogP contribution in [0.3, 0.4) is 0 Å². The van der Waals surface area contributed by atoms with Crippen LogP contribution in [0.1, 0.15) is 6.92 Å². The van der Waals surface area contributed by atoms with Crippen LogP contribution in [0.4, 0.5) is 0 Å². The van der Waals surface area contributed by atoms with Gasteiger partial charge in [0.05, 0.1) is 6.61 Å². The molecular weight excluding hydrogens is 225 g/mol. The highest BCUT2D eigenvalue weighted by molar-refractivity contribution is 6.18. The highest BCUT2D eigenvalue weighted by Crippen LogP contribution is 1.94. The van der Waals surface area contributed by atoms with E-state index in [0.717, 1.165) is 0 Å². The predicted octanol–water partition coefficient (Wildman–Crippen LogP) is 1.84. The quantitative estimate of drug-likeness (QED) is 0.386. The van der Waals surface area contributed by atoms with Gasteiger partial charge in [0.15, 0.2) is 0 Å². The summed E-state index contributed by atoms with van der Waals surface area (Å²) in [5, 5.41) is 0. The van der Waals surface area contributed by atoms with Crippen LogP contribution in [-0.2, 0) is 9.53 Å². The van der Waals surface area contributed by atoms with Crippen LogP contribution in [0.5, 0.6) is 0 Å². The van der Waals surface area contributed by atoms with Crippen molar-refractivity contribution in [3.05, 3.63) is 12.3 Å². The molecule has 0 aliphatic carbocycles. The standard InChI is InChI=1S/C9H15Cl2NO2/c1-2-14-9(13)3-6-12(7-4-10)8-5-11/h3,6H,2,4-5,7-8H2,1H3/b6-3-. The lowest BCUT2D eigenvalue weighted by Crippen LogP contribution is -2.22. The highest BCUT2D eigenvalue weighted by atomic mass is 35.5. The lowest BCUT2D eigenvalue weighted by atomic mass is 10.5. The maximum atomic E-state index is 11.0. The van der Waals surface area contributed by atoms with Crippen molar-refractivity contribution in [3.8, 4) is 0 Å². The van der Waals surface area contributed by atoms with Crippen molar-refractivity contribution in [2.45, 2.75) is 6.92 Å². The van der Waals surface area contributed by atoms with Gasteiger partial charge in [0.25, 0.3) is 0 Å². The second-order valence-corrected chi connectivity index (χ2v) is 3.24. The fourth-order valence-corrected chi connectivity index (χ4v) is 1.27. The van der Waals surface area contributed by atoms with Gasteiger partial charge < -0.3 is 9.64 Å². The molecule has 14 heavy (non-hydrogen) atoms. The summed E-state index contributed by atoms with van der Waals surface area (Å²) in [6.45, 7) is 3.49. The van der Waals surface area contributed by atoms with Gasteiger partial charge in [-0.15, -0.1) is 23.2 Å². The molecule has 0 heterocycles. The third kappa shape index (κ3) is 7.04. The zero-order valence-electron chi connectivity index (χ0n) is 8.21. The van der Waals surface area contributed by atoms with Crippen LogP contribution < -0.4 is 0 Å². The molecule has 0 radical (unpaired) electrons. The molecule has 5 heteroatoms. The molecule has 0 saturated heterocycles. The van der Waals surface area contributed by atoms with E-state index in [1.807, 2.05) is 4.90 Å². The molecule has 0 N–H and O–H groups in total. The third-order valence-corrected chi connectivity index (χ3v) is 1.79. The van der Waals surface area contributed by atoms with Crippen LogP contribution in [0.15, 0.2) is 12.3 Å². The number of nitrogens with zero attached hydrogens (tertiary/aromatic N) is 1. The average Bonchev–Trinajstić information content (AvgIpc) is 2.15. The van der Waals surface area contributed by atoms with Crippen molar-refractivity contribution in [2.75, 3.05) is 31.5 Å². The van der Waals surface area contributed by atoms with Gasteiger partial charge in [-0.3, -0.25) is 0 Å². The first-order valence-corrected chi connectivity index (χ1v) is 5.52. The van der Waals surface area contributed by atoms with E-state index < -0.39 is 0 Å². The van der Waals surface area contributed by atoms with E-state index in [9.17, 15) is 4.79 Å². The Hall–Kier alpha value is -0.410. The Kier molecular flexibility index (Phi) is 8.89. The van der Waals surface area contributed by atoms with Crippen molar-refractivity contribution in [2.24, 2.45) is 0 Å². The van der Waals surface area contributed by atoms with Gasteiger partial charge in [-0.2, -0.15) is 0 Å². The number of hydrogen-bond donors (Lipinski definition) is 0. The number of ether oxygens (including phenoxy) is 1. The minimum absolute atomic E-state index is 0.346. The van der Waals surface area contributed by atoms with Crippen LogP contribution >= 0.6 is 23.2 Å². The summed E-state index contributed by atoms with van der Waals surface area (Å²) in [6, 6.07) is 0. The SMILES string of the molecule is CCOC(=O)/C=C\N(CCCl)CCCl.